The maximum Gasteiger partial charge on any atom is 0.176 e. The van der Waals surface area contributed by atoms with Gasteiger partial charge in [0.15, 0.2) is 11.6 Å². The molecule has 0 heterocycles. The highest BCUT2D eigenvalue weighted by atomic mass is 35.5. The van der Waals surface area contributed by atoms with E-state index >= 15 is 0 Å². The molecule has 0 amide bonds. The third-order valence-electron chi connectivity index (χ3n) is 1.29. The van der Waals surface area contributed by atoms with E-state index in [4.69, 9.17) is 16.3 Å². The Bertz CT molecular complexity index is 289. The molecule has 0 aromatic heterocycles. The Labute approximate surface area is 73.9 Å². The van der Waals surface area contributed by atoms with E-state index in [2.05, 4.69) is 0 Å². The first-order valence-electron chi connectivity index (χ1n) is 3.43. The second-order valence-electron chi connectivity index (χ2n) is 2.11. The van der Waals surface area contributed by atoms with Gasteiger partial charge in [0, 0.05) is 0 Å². The van der Waals surface area contributed by atoms with Crippen molar-refractivity contribution in [3.05, 3.63) is 28.8 Å². The molecule has 0 aliphatic rings. The Hall–Kier alpha value is -0.830. The fourth-order valence-corrected chi connectivity index (χ4v) is 0.993. The molecule has 0 bridgehead atoms. The van der Waals surface area contributed by atoms with Crippen LogP contribution in [0, 0.1) is 11.6 Å². The van der Waals surface area contributed by atoms with Gasteiger partial charge >= 0.3 is 0 Å². The van der Waals surface area contributed by atoms with Crippen LogP contribution in [0.15, 0.2) is 12.1 Å². The first-order valence-corrected chi connectivity index (χ1v) is 3.81. The van der Waals surface area contributed by atoms with Crippen molar-refractivity contribution in [2.45, 2.75) is 6.92 Å². The van der Waals surface area contributed by atoms with Crippen molar-refractivity contribution < 1.29 is 13.5 Å². The molecule has 12 heavy (non-hydrogen) atoms. The number of ether oxygens (including phenoxy) is 1. The Morgan fingerprint density at radius 2 is 1.92 bits per heavy atom. The summed E-state index contributed by atoms with van der Waals surface area (Å²) < 4.78 is 30.3. The Morgan fingerprint density at radius 1 is 1.33 bits per heavy atom. The Morgan fingerprint density at radius 3 is 2.50 bits per heavy atom. The van der Waals surface area contributed by atoms with Gasteiger partial charge in [0.25, 0.3) is 0 Å². The van der Waals surface area contributed by atoms with E-state index in [0.717, 1.165) is 12.1 Å². The predicted molar refractivity (Wildman–Crippen MR) is 42.5 cm³/mol. The van der Waals surface area contributed by atoms with Crippen LogP contribution < -0.4 is 4.74 Å². The monoisotopic (exact) mass is 192 g/mol. The molecule has 1 rings (SSSR count). The Kier molecular flexibility index (Phi) is 2.87. The fraction of sp³-hybridized carbons (Fsp3) is 0.250. The molecule has 0 radical (unpaired) electrons. The molecule has 0 aliphatic carbocycles. The number of hydrogen-bond acceptors (Lipinski definition) is 1. The molecule has 1 aromatic rings. The zero-order valence-electron chi connectivity index (χ0n) is 6.40. The highest BCUT2D eigenvalue weighted by molar-refractivity contribution is 6.32. The van der Waals surface area contributed by atoms with E-state index in [-0.39, 0.29) is 17.4 Å². The maximum atomic E-state index is 12.8. The van der Waals surface area contributed by atoms with Crippen LogP contribution in [0.2, 0.25) is 5.02 Å². The van der Waals surface area contributed by atoms with Crippen molar-refractivity contribution >= 4 is 11.6 Å². The Balaban J connectivity index is 3.14. The van der Waals surface area contributed by atoms with Crippen molar-refractivity contribution in [2.75, 3.05) is 6.61 Å². The summed E-state index contributed by atoms with van der Waals surface area (Å²) in [4.78, 5) is 0. The van der Waals surface area contributed by atoms with Crippen LogP contribution in [0.3, 0.4) is 0 Å². The fourth-order valence-electron chi connectivity index (χ4n) is 0.785. The van der Waals surface area contributed by atoms with Crippen LogP contribution in [0.5, 0.6) is 5.75 Å². The molecule has 0 atom stereocenters. The third-order valence-corrected chi connectivity index (χ3v) is 1.64. The van der Waals surface area contributed by atoms with Gasteiger partial charge in [-0.3, -0.25) is 0 Å². The van der Waals surface area contributed by atoms with Crippen LogP contribution in [-0.2, 0) is 0 Å². The van der Waals surface area contributed by atoms with Gasteiger partial charge in [0.05, 0.1) is 6.61 Å². The summed E-state index contributed by atoms with van der Waals surface area (Å²) in [6, 6.07) is 1.94. The first-order chi connectivity index (χ1) is 5.66. The molecule has 1 nitrogen and oxygen atoms in total. The molecule has 1 aromatic carbocycles. The lowest BCUT2D eigenvalue weighted by atomic mass is 10.3. The second-order valence-corrected chi connectivity index (χ2v) is 2.48. The standard InChI is InChI=1S/C8H7ClF2O/c1-2-12-8-6(11)4-3-5(10)7(8)9/h3-4H,2H2,1H3. The molecule has 0 aliphatic heterocycles. The summed E-state index contributed by atoms with van der Waals surface area (Å²) >= 11 is 5.44. The summed E-state index contributed by atoms with van der Waals surface area (Å²) in [5.41, 5.74) is 0. The maximum absolute atomic E-state index is 12.8. The minimum atomic E-state index is -0.679. The average Bonchev–Trinajstić information content (AvgIpc) is 2.06. The SMILES string of the molecule is CCOc1c(F)ccc(F)c1Cl. The molecule has 0 N–H and O–H groups in total. The smallest absolute Gasteiger partial charge is 0.176 e. The highest BCUT2D eigenvalue weighted by Crippen LogP contribution is 2.29. The summed E-state index contributed by atoms with van der Waals surface area (Å²) in [7, 11) is 0. The van der Waals surface area contributed by atoms with Crippen LogP contribution in [0.4, 0.5) is 8.78 Å². The minimum Gasteiger partial charge on any atom is -0.489 e. The van der Waals surface area contributed by atoms with Crippen LogP contribution >= 0.6 is 11.6 Å². The number of rotatable bonds is 2. The molecule has 0 spiro atoms. The van der Waals surface area contributed by atoms with E-state index in [1.54, 1.807) is 6.92 Å². The predicted octanol–water partition coefficient (Wildman–Crippen LogP) is 3.02. The van der Waals surface area contributed by atoms with Crippen molar-refractivity contribution in [1.29, 1.82) is 0 Å². The van der Waals surface area contributed by atoms with Gasteiger partial charge in [0.1, 0.15) is 10.8 Å². The highest BCUT2D eigenvalue weighted by Gasteiger charge is 2.12. The van der Waals surface area contributed by atoms with Crippen LogP contribution in [-0.4, -0.2) is 6.61 Å². The van der Waals surface area contributed by atoms with E-state index in [0.29, 0.717) is 0 Å². The van der Waals surface area contributed by atoms with Gasteiger partial charge in [-0.15, -0.1) is 0 Å². The number of halogens is 3. The second kappa shape index (κ2) is 3.72. The van der Waals surface area contributed by atoms with Gasteiger partial charge in [-0.05, 0) is 19.1 Å². The quantitative estimate of drug-likeness (QED) is 0.655. The number of benzene rings is 1. The van der Waals surface area contributed by atoms with Gasteiger partial charge in [-0.2, -0.15) is 0 Å². The summed E-state index contributed by atoms with van der Waals surface area (Å²) in [5.74, 6) is -1.55. The largest absolute Gasteiger partial charge is 0.489 e. The van der Waals surface area contributed by atoms with Gasteiger partial charge in [0.2, 0.25) is 0 Å². The molecule has 4 heteroatoms. The zero-order chi connectivity index (χ0) is 9.14. The van der Waals surface area contributed by atoms with Gasteiger partial charge < -0.3 is 4.74 Å². The van der Waals surface area contributed by atoms with Crippen LogP contribution in [0.1, 0.15) is 6.92 Å². The molecular formula is C8H7ClF2O. The average molecular weight is 193 g/mol. The van der Waals surface area contributed by atoms with E-state index in [1.165, 1.54) is 0 Å². The molecule has 66 valence electrons. The molecule has 0 fully saturated rings. The lowest BCUT2D eigenvalue weighted by Crippen LogP contribution is -1.96. The minimum absolute atomic E-state index is 0.223. The normalized spacial score (nSPS) is 10.0. The summed E-state index contributed by atoms with van der Waals surface area (Å²) in [6.07, 6.45) is 0. The third kappa shape index (κ3) is 1.67. The lowest BCUT2D eigenvalue weighted by Gasteiger charge is -2.06. The van der Waals surface area contributed by atoms with E-state index in [1.807, 2.05) is 0 Å². The zero-order valence-corrected chi connectivity index (χ0v) is 7.16. The van der Waals surface area contributed by atoms with E-state index in [9.17, 15) is 8.78 Å². The van der Waals surface area contributed by atoms with Crippen molar-refractivity contribution in [2.24, 2.45) is 0 Å². The summed E-state index contributed by atoms with van der Waals surface area (Å²) in [5, 5.41) is -0.308. The van der Waals surface area contributed by atoms with Gasteiger partial charge in [-0.25, -0.2) is 8.78 Å². The molecule has 0 unspecified atom stereocenters. The lowest BCUT2D eigenvalue weighted by molar-refractivity contribution is 0.319. The number of hydrogen-bond donors (Lipinski definition) is 0. The first kappa shape index (κ1) is 9.26. The topological polar surface area (TPSA) is 9.23 Å². The van der Waals surface area contributed by atoms with Crippen molar-refractivity contribution in [3.63, 3.8) is 0 Å². The van der Waals surface area contributed by atoms with Crippen molar-refractivity contribution in [3.8, 4) is 5.75 Å². The molecule has 0 saturated carbocycles. The van der Waals surface area contributed by atoms with E-state index < -0.39 is 11.6 Å². The van der Waals surface area contributed by atoms with Gasteiger partial charge in [-0.1, -0.05) is 11.6 Å². The van der Waals surface area contributed by atoms with Crippen molar-refractivity contribution in [1.82, 2.24) is 0 Å². The molecule has 0 saturated heterocycles. The summed E-state index contributed by atoms with van der Waals surface area (Å²) in [6.45, 7) is 1.92. The molecular weight excluding hydrogens is 186 g/mol. The van der Waals surface area contributed by atoms with Crippen LogP contribution in [0.25, 0.3) is 0 Å².